The smallest absolute Gasteiger partial charge is 0.169 e. The Bertz CT molecular complexity index is 461. The predicted molar refractivity (Wildman–Crippen MR) is 68.5 cm³/mol. The Morgan fingerprint density at radius 3 is 2.50 bits per heavy atom. The molecule has 0 spiro atoms. The van der Waals surface area contributed by atoms with Crippen LogP contribution in [0.4, 0.5) is 5.82 Å². The van der Waals surface area contributed by atoms with E-state index >= 15 is 0 Å². The number of hydrogen-bond acceptors (Lipinski definition) is 5. The molecule has 0 aliphatic carbocycles. The molecule has 5 heteroatoms. The Labute approximate surface area is 107 Å². The molecule has 0 bridgehead atoms. The van der Waals surface area contributed by atoms with Gasteiger partial charge in [0, 0.05) is 13.1 Å². The summed E-state index contributed by atoms with van der Waals surface area (Å²) in [5.41, 5.74) is 2.66. The number of aryl methyl sites for hydroxylation is 1. The highest BCUT2D eigenvalue weighted by molar-refractivity contribution is 5.58. The average Bonchev–Trinajstić information content (AvgIpc) is 2.46. The highest BCUT2D eigenvalue weighted by Gasteiger charge is 2.20. The minimum absolute atomic E-state index is 0.684. The van der Waals surface area contributed by atoms with Gasteiger partial charge in [0.25, 0.3) is 0 Å². The van der Waals surface area contributed by atoms with Crippen LogP contribution in [0.2, 0.25) is 0 Å². The zero-order valence-corrected chi connectivity index (χ0v) is 10.9. The summed E-state index contributed by atoms with van der Waals surface area (Å²) < 4.78 is 5.32. The van der Waals surface area contributed by atoms with Crippen molar-refractivity contribution in [3.8, 4) is 6.07 Å². The summed E-state index contributed by atoms with van der Waals surface area (Å²) in [4.78, 5) is 2.09. The molecule has 0 saturated carbocycles. The topological polar surface area (TPSA) is 62.0 Å². The zero-order chi connectivity index (χ0) is 13.0. The molecule has 0 N–H and O–H groups in total. The van der Waals surface area contributed by atoms with Gasteiger partial charge in [-0.15, -0.1) is 5.10 Å². The summed E-state index contributed by atoms with van der Waals surface area (Å²) in [6.45, 7) is 7.02. The van der Waals surface area contributed by atoms with E-state index in [1.807, 2.05) is 6.92 Å². The van der Waals surface area contributed by atoms with Gasteiger partial charge in [0.2, 0.25) is 0 Å². The summed E-state index contributed by atoms with van der Waals surface area (Å²) >= 11 is 0. The van der Waals surface area contributed by atoms with Crippen molar-refractivity contribution in [3.63, 3.8) is 0 Å². The van der Waals surface area contributed by atoms with Crippen molar-refractivity contribution >= 4 is 5.82 Å². The Kier molecular flexibility index (Phi) is 4.11. The number of hydrogen-bond donors (Lipinski definition) is 0. The van der Waals surface area contributed by atoms with Gasteiger partial charge in [-0.25, -0.2) is 0 Å². The third-order valence-electron chi connectivity index (χ3n) is 3.25. The largest absolute Gasteiger partial charge is 0.378 e. The van der Waals surface area contributed by atoms with Crippen LogP contribution in [-0.4, -0.2) is 36.5 Å². The van der Waals surface area contributed by atoms with Gasteiger partial charge in [0.05, 0.1) is 18.9 Å². The summed E-state index contributed by atoms with van der Waals surface area (Å²) in [5.74, 6) is 0.717. The fraction of sp³-hybridized carbons (Fsp3) is 0.615. The van der Waals surface area contributed by atoms with Crippen LogP contribution in [0.15, 0.2) is 0 Å². The Morgan fingerprint density at radius 1 is 1.22 bits per heavy atom. The summed E-state index contributed by atoms with van der Waals surface area (Å²) in [6, 6.07) is 2.30. The first-order chi connectivity index (χ1) is 8.81. The molecule has 96 valence electrons. The van der Waals surface area contributed by atoms with E-state index < -0.39 is 0 Å². The summed E-state index contributed by atoms with van der Waals surface area (Å²) in [5, 5.41) is 17.9. The second kappa shape index (κ2) is 5.78. The molecule has 1 aliphatic heterocycles. The Hall–Kier alpha value is -1.67. The number of nitrogens with zero attached hydrogens (tertiary/aromatic N) is 4. The molecule has 1 aliphatic rings. The van der Waals surface area contributed by atoms with E-state index in [2.05, 4.69) is 28.1 Å². The molecule has 2 rings (SSSR count). The van der Waals surface area contributed by atoms with E-state index in [1.165, 1.54) is 0 Å². The fourth-order valence-corrected chi connectivity index (χ4v) is 2.28. The molecule has 0 unspecified atom stereocenters. The van der Waals surface area contributed by atoms with Crippen molar-refractivity contribution in [3.05, 3.63) is 16.8 Å². The highest BCUT2D eigenvalue weighted by atomic mass is 16.5. The van der Waals surface area contributed by atoms with E-state index in [1.54, 1.807) is 0 Å². The lowest BCUT2D eigenvalue weighted by atomic mass is 10.0. The number of rotatable bonds is 3. The molecular formula is C13H18N4O. The van der Waals surface area contributed by atoms with Crippen LogP contribution in [0.3, 0.4) is 0 Å². The van der Waals surface area contributed by atoms with Crippen LogP contribution >= 0.6 is 0 Å². The number of nitriles is 1. The molecule has 1 saturated heterocycles. The molecule has 1 fully saturated rings. The van der Waals surface area contributed by atoms with Crippen molar-refractivity contribution in [2.24, 2.45) is 0 Å². The van der Waals surface area contributed by atoms with Crippen molar-refractivity contribution in [2.75, 3.05) is 31.2 Å². The minimum atomic E-state index is 0.684. The first-order valence-corrected chi connectivity index (χ1v) is 6.43. The van der Waals surface area contributed by atoms with Crippen LogP contribution in [0.1, 0.15) is 30.7 Å². The van der Waals surface area contributed by atoms with Crippen LogP contribution in [0.5, 0.6) is 0 Å². The van der Waals surface area contributed by atoms with Gasteiger partial charge in [0.15, 0.2) is 5.82 Å². The number of morpholine rings is 1. The van der Waals surface area contributed by atoms with Gasteiger partial charge in [0.1, 0.15) is 11.6 Å². The average molecular weight is 246 g/mol. The van der Waals surface area contributed by atoms with E-state index in [-0.39, 0.29) is 0 Å². The zero-order valence-electron chi connectivity index (χ0n) is 10.9. The number of ether oxygens (including phenoxy) is 1. The minimum Gasteiger partial charge on any atom is -0.378 e. The van der Waals surface area contributed by atoms with Gasteiger partial charge < -0.3 is 9.64 Å². The number of anilines is 1. The van der Waals surface area contributed by atoms with Crippen LogP contribution in [0.25, 0.3) is 0 Å². The maximum absolute atomic E-state index is 9.41. The van der Waals surface area contributed by atoms with E-state index in [9.17, 15) is 5.26 Å². The van der Waals surface area contributed by atoms with Gasteiger partial charge in [-0.05, 0) is 18.4 Å². The molecule has 2 heterocycles. The molecule has 5 nitrogen and oxygen atoms in total. The van der Waals surface area contributed by atoms with Crippen molar-refractivity contribution < 1.29 is 4.74 Å². The lowest BCUT2D eigenvalue weighted by Crippen LogP contribution is -2.37. The molecular weight excluding hydrogens is 228 g/mol. The molecule has 0 amide bonds. The Morgan fingerprint density at radius 2 is 1.94 bits per heavy atom. The molecule has 0 atom stereocenters. The lowest BCUT2D eigenvalue weighted by Gasteiger charge is -2.28. The SMILES string of the molecule is CCc1nnc(N2CCOCC2)c(C#N)c1CC. The second-order valence-electron chi connectivity index (χ2n) is 4.24. The van der Waals surface area contributed by atoms with Gasteiger partial charge in [-0.2, -0.15) is 10.4 Å². The van der Waals surface area contributed by atoms with E-state index in [0.717, 1.165) is 43.0 Å². The summed E-state index contributed by atoms with van der Waals surface area (Å²) in [6.07, 6.45) is 1.63. The molecule has 0 radical (unpaired) electrons. The van der Waals surface area contributed by atoms with E-state index in [0.29, 0.717) is 18.8 Å². The quantitative estimate of drug-likeness (QED) is 0.804. The van der Waals surface area contributed by atoms with Gasteiger partial charge >= 0.3 is 0 Å². The van der Waals surface area contributed by atoms with Gasteiger partial charge in [-0.3, -0.25) is 0 Å². The highest BCUT2D eigenvalue weighted by Crippen LogP contribution is 2.23. The maximum atomic E-state index is 9.41. The fourth-order valence-electron chi connectivity index (χ4n) is 2.28. The van der Waals surface area contributed by atoms with E-state index in [4.69, 9.17) is 4.74 Å². The monoisotopic (exact) mass is 246 g/mol. The van der Waals surface area contributed by atoms with Crippen molar-refractivity contribution in [2.45, 2.75) is 26.7 Å². The van der Waals surface area contributed by atoms with Crippen LogP contribution in [0, 0.1) is 11.3 Å². The Balaban J connectivity index is 2.44. The maximum Gasteiger partial charge on any atom is 0.169 e. The third-order valence-corrected chi connectivity index (χ3v) is 3.25. The number of aromatic nitrogens is 2. The molecule has 1 aromatic heterocycles. The first kappa shape index (κ1) is 12.8. The molecule has 18 heavy (non-hydrogen) atoms. The normalized spacial score (nSPS) is 15.5. The summed E-state index contributed by atoms with van der Waals surface area (Å²) in [7, 11) is 0. The predicted octanol–water partition coefficient (Wildman–Crippen LogP) is 1.31. The molecule has 1 aromatic rings. The second-order valence-corrected chi connectivity index (χ2v) is 4.24. The van der Waals surface area contributed by atoms with Crippen molar-refractivity contribution in [1.29, 1.82) is 5.26 Å². The molecule has 0 aromatic carbocycles. The lowest BCUT2D eigenvalue weighted by molar-refractivity contribution is 0.122. The van der Waals surface area contributed by atoms with Gasteiger partial charge in [-0.1, -0.05) is 13.8 Å². The van der Waals surface area contributed by atoms with Crippen LogP contribution in [-0.2, 0) is 17.6 Å². The first-order valence-electron chi connectivity index (χ1n) is 6.43. The van der Waals surface area contributed by atoms with Crippen molar-refractivity contribution in [1.82, 2.24) is 10.2 Å². The standard InChI is InChI=1S/C13H18N4O/c1-3-10-11(9-14)13(16-15-12(10)4-2)17-5-7-18-8-6-17/h3-8H2,1-2H3. The third kappa shape index (κ3) is 2.29. The van der Waals surface area contributed by atoms with Crippen LogP contribution < -0.4 is 4.90 Å².